The van der Waals surface area contributed by atoms with Crippen LogP contribution in [0.2, 0.25) is 0 Å². The maximum absolute atomic E-state index is 12.3. The minimum Gasteiger partial charge on any atom is -0.393 e. The van der Waals surface area contributed by atoms with Crippen LogP contribution in [0.1, 0.15) is 36.7 Å². The predicted octanol–water partition coefficient (Wildman–Crippen LogP) is 1.43. The summed E-state index contributed by atoms with van der Waals surface area (Å²) < 4.78 is 0. The van der Waals surface area contributed by atoms with E-state index in [1.54, 1.807) is 24.8 Å². The van der Waals surface area contributed by atoms with E-state index in [0.29, 0.717) is 25.7 Å². The van der Waals surface area contributed by atoms with Crippen LogP contribution in [0.4, 0.5) is 0 Å². The zero-order valence-corrected chi connectivity index (χ0v) is 12.8. The van der Waals surface area contributed by atoms with Crippen molar-refractivity contribution < 1.29 is 9.90 Å². The normalized spacial score (nSPS) is 21.3. The number of aromatic nitrogens is 3. The molecule has 0 radical (unpaired) electrons. The van der Waals surface area contributed by atoms with Crippen LogP contribution in [0.3, 0.4) is 0 Å². The summed E-state index contributed by atoms with van der Waals surface area (Å²) >= 11 is 0. The third-order valence-corrected chi connectivity index (χ3v) is 4.17. The van der Waals surface area contributed by atoms with Crippen LogP contribution in [0, 0.1) is 5.92 Å². The number of hydrogen-bond acceptors (Lipinski definition) is 5. The third-order valence-electron chi connectivity index (χ3n) is 4.17. The van der Waals surface area contributed by atoms with Gasteiger partial charge in [-0.15, -0.1) is 0 Å². The molecule has 1 aliphatic carbocycles. The lowest BCUT2D eigenvalue weighted by Gasteiger charge is -2.37. The van der Waals surface area contributed by atoms with Gasteiger partial charge in [0.05, 0.1) is 23.5 Å². The third kappa shape index (κ3) is 4.10. The number of aryl methyl sites for hydroxylation is 1. The Balaban J connectivity index is 1.60. The standard InChI is InChI=1S/C17H20N4O2/c22-14-9-12(10-14)17(15-3-1-2-6-20-15)21-16(23)5-4-13-11-18-7-8-19-13/h1-3,6-8,11-12,14,17,22H,4-5,9-10H2,(H,21,23). The molecule has 1 atom stereocenters. The number of pyridine rings is 1. The second-order valence-electron chi connectivity index (χ2n) is 5.88. The number of carbonyl (C=O) groups excluding carboxylic acids is 1. The van der Waals surface area contributed by atoms with E-state index < -0.39 is 0 Å². The molecule has 1 amide bonds. The van der Waals surface area contributed by atoms with Gasteiger partial charge in [-0.25, -0.2) is 0 Å². The maximum atomic E-state index is 12.3. The van der Waals surface area contributed by atoms with Crippen LogP contribution in [0.15, 0.2) is 43.0 Å². The molecule has 6 nitrogen and oxygen atoms in total. The molecule has 0 spiro atoms. The van der Waals surface area contributed by atoms with Crippen molar-refractivity contribution in [2.45, 2.75) is 37.8 Å². The second-order valence-corrected chi connectivity index (χ2v) is 5.88. The fraction of sp³-hybridized carbons (Fsp3) is 0.412. The molecule has 2 aromatic rings. The minimum atomic E-state index is -0.261. The molecule has 3 rings (SSSR count). The highest BCUT2D eigenvalue weighted by Crippen LogP contribution is 2.37. The Kier molecular flexibility index (Phi) is 4.92. The molecule has 0 aliphatic heterocycles. The molecule has 0 saturated heterocycles. The Hall–Kier alpha value is -2.34. The molecule has 0 bridgehead atoms. The quantitative estimate of drug-likeness (QED) is 0.842. The lowest BCUT2D eigenvalue weighted by molar-refractivity contribution is -0.123. The highest BCUT2D eigenvalue weighted by atomic mass is 16.3. The molecule has 1 unspecified atom stereocenters. The molecule has 2 aromatic heterocycles. The lowest BCUT2D eigenvalue weighted by atomic mass is 9.76. The van der Waals surface area contributed by atoms with Crippen LogP contribution in [0.25, 0.3) is 0 Å². The van der Waals surface area contributed by atoms with Gasteiger partial charge in [0, 0.05) is 31.2 Å². The van der Waals surface area contributed by atoms with Gasteiger partial charge in [0.25, 0.3) is 0 Å². The van der Waals surface area contributed by atoms with Crippen molar-refractivity contribution in [3.63, 3.8) is 0 Å². The van der Waals surface area contributed by atoms with Crippen molar-refractivity contribution in [1.82, 2.24) is 20.3 Å². The summed E-state index contributed by atoms with van der Waals surface area (Å²) in [6.07, 6.45) is 8.69. The molecule has 1 fully saturated rings. The Morgan fingerprint density at radius 3 is 2.78 bits per heavy atom. The number of aliphatic hydroxyl groups is 1. The minimum absolute atomic E-state index is 0.0345. The number of carbonyl (C=O) groups is 1. The van der Waals surface area contributed by atoms with Crippen molar-refractivity contribution in [2.24, 2.45) is 5.92 Å². The summed E-state index contributed by atoms with van der Waals surface area (Å²) in [7, 11) is 0. The lowest BCUT2D eigenvalue weighted by Crippen LogP contribution is -2.41. The van der Waals surface area contributed by atoms with Gasteiger partial charge in [-0.2, -0.15) is 0 Å². The Bertz CT molecular complexity index is 630. The van der Waals surface area contributed by atoms with E-state index in [-0.39, 0.29) is 24.0 Å². The van der Waals surface area contributed by atoms with Crippen LogP contribution < -0.4 is 5.32 Å². The van der Waals surface area contributed by atoms with E-state index in [9.17, 15) is 9.90 Å². The van der Waals surface area contributed by atoms with E-state index in [1.165, 1.54) is 0 Å². The molecule has 0 aromatic carbocycles. The van der Waals surface area contributed by atoms with Crippen LogP contribution in [-0.2, 0) is 11.2 Å². The van der Waals surface area contributed by atoms with Gasteiger partial charge < -0.3 is 10.4 Å². The van der Waals surface area contributed by atoms with Gasteiger partial charge in [0.15, 0.2) is 0 Å². The first-order valence-electron chi connectivity index (χ1n) is 7.85. The van der Waals surface area contributed by atoms with E-state index in [2.05, 4.69) is 20.3 Å². The summed E-state index contributed by atoms with van der Waals surface area (Å²) in [5, 5.41) is 12.6. The average Bonchev–Trinajstić information content (AvgIpc) is 2.57. The molecule has 2 heterocycles. The van der Waals surface area contributed by atoms with E-state index in [0.717, 1.165) is 11.4 Å². The first-order chi connectivity index (χ1) is 11.2. The summed E-state index contributed by atoms with van der Waals surface area (Å²) in [4.78, 5) is 24.8. The molecular weight excluding hydrogens is 292 g/mol. The summed E-state index contributed by atoms with van der Waals surface area (Å²) in [5.74, 6) is 0.202. The first kappa shape index (κ1) is 15.6. The highest BCUT2D eigenvalue weighted by molar-refractivity contribution is 5.76. The summed E-state index contributed by atoms with van der Waals surface area (Å²) in [5.41, 5.74) is 1.65. The van der Waals surface area contributed by atoms with Crippen molar-refractivity contribution in [1.29, 1.82) is 0 Å². The zero-order chi connectivity index (χ0) is 16.1. The number of rotatable bonds is 6. The van der Waals surface area contributed by atoms with Crippen LogP contribution in [0.5, 0.6) is 0 Å². The monoisotopic (exact) mass is 312 g/mol. The first-order valence-corrected chi connectivity index (χ1v) is 7.85. The van der Waals surface area contributed by atoms with E-state index >= 15 is 0 Å². The summed E-state index contributed by atoms with van der Waals surface area (Å²) in [6, 6.07) is 5.54. The van der Waals surface area contributed by atoms with Gasteiger partial charge in [0.2, 0.25) is 5.91 Å². The molecule has 1 aliphatic rings. The Labute approximate surface area is 135 Å². The van der Waals surface area contributed by atoms with Crippen LogP contribution >= 0.6 is 0 Å². The second kappa shape index (κ2) is 7.28. The van der Waals surface area contributed by atoms with E-state index in [4.69, 9.17) is 0 Å². The topological polar surface area (TPSA) is 88.0 Å². The number of hydrogen-bond donors (Lipinski definition) is 2. The van der Waals surface area contributed by atoms with Crippen LogP contribution in [-0.4, -0.2) is 32.1 Å². The Morgan fingerprint density at radius 1 is 1.26 bits per heavy atom. The molecule has 6 heteroatoms. The predicted molar refractivity (Wildman–Crippen MR) is 84.2 cm³/mol. The van der Waals surface area contributed by atoms with Gasteiger partial charge >= 0.3 is 0 Å². The molecule has 2 N–H and O–H groups in total. The van der Waals surface area contributed by atoms with Gasteiger partial charge in [0.1, 0.15) is 0 Å². The fourth-order valence-electron chi connectivity index (χ4n) is 2.84. The van der Waals surface area contributed by atoms with E-state index in [1.807, 2.05) is 18.2 Å². The molecular formula is C17H20N4O2. The van der Waals surface area contributed by atoms with Crippen molar-refractivity contribution in [3.05, 3.63) is 54.4 Å². The van der Waals surface area contributed by atoms with Gasteiger partial charge in [-0.05, 0) is 37.3 Å². The Morgan fingerprint density at radius 2 is 2.13 bits per heavy atom. The summed E-state index contributed by atoms with van der Waals surface area (Å²) in [6.45, 7) is 0. The zero-order valence-electron chi connectivity index (χ0n) is 12.8. The number of aliphatic hydroxyl groups excluding tert-OH is 1. The van der Waals surface area contributed by atoms with Gasteiger partial charge in [-0.3, -0.25) is 19.7 Å². The average molecular weight is 312 g/mol. The fourth-order valence-corrected chi connectivity index (χ4v) is 2.84. The number of nitrogens with zero attached hydrogens (tertiary/aromatic N) is 3. The SMILES string of the molecule is O=C(CCc1cnccn1)NC(c1ccccn1)C1CC(O)C1. The number of amides is 1. The van der Waals surface area contributed by atoms with Crippen molar-refractivity contribution in [2.75, 3.05) is 0 Å². The maximum Gasteiger partial charge on any atom is 0.220 e. The van der Waals surface area contributed by atoms with Gasteiger partial charge in [-0.1, -0.05) is 6.07 Å². The number of nitrogens with one attached hydrogen (secondary N) is 1. The molecule has 120 valence electrons. The molecule has 23 heavy (non-hydrogen) atoms. The molecule has 1 saturated carbocycles. The smallest absolute Gasteiger partial charge is 0.220 e. The van der Waals surface area contributed by atoms with Crippen molar-refractivity contribution >= 4 is 5.91 Å². The van der Waals surface area contributed by atoms with Crippen molar-refractivity contribution in [3.8, 4) is 0 Å². The largest absolute Gasteiger partial charge is 0.393 e. The highest BCUT2D eigenvalue weighted by Gasteiger charge is 2.36.